The van der Waals surface area contributed by atoms with Gasteiger partial charge in [-0.05, 0) is 43.8 Å². The number of benzene rings is 2. The van der Waals surface area contributed by atoms with Crippen LogP contribution in [0.15, 0.2) is 41.2 Å². The molecular weight excluding hydrogens is 660 g/mol. The van der Waals surface area contributed by atoms with Gasteiger partial charge in [0.15, 0.2) is 11.4 Å². The first-order valence-electron chi connectivity index (χ1n) is 11.0. The maximum Gasteiger partial charge on any atom is 0.255 e. The van der Waals surface area contributed by atoms with E-state index in [2.05, 4.69) is 0 Å². The number of nitrogens with zero attached hydrogens (tertiary/aromatic N) is 1. The van der Waals surface area contributed by atoms with Crippen LogP contribution in [0.1, 0.15) is 17.5 Å². The van der Waals surface area contributed by atoms with Crippen molar-refractivity contribution in [1.82, 2.24) is 4.90 Å². The van der Waals surface area contributed by atoms with Gasteiger partial charge in [-0.2, -0.15) is 0 Å². The van der Waals surface area contributed by atoms with E-state index in [0.717, 1.165) is 0 Å². The Kier molecular flexibility index (Phi) is 7.49. The quantitative estimate of drug-likeness (QED) is 0.234. The van der Waals surface area contributed by atoms with Crippen LogP contribution in [0, 0.1) is 11.8 Å². The molecule has 1 saturated carbocycles. The van der Waals surface area contributed by atoms with Gasteiger partial charge in [0.1, 0.15) is 22.8 Å². The van der Waals surface area contributed by atoms with Gasteiger partial charge in [0.25, 0.3) is 5.91 Å². The van der Waals surface area contributed by atoms with E-state index in [1.807, 2.05) is 0 Å². The molecule has 0 saturated heterocycles. The molecule has 2 aromatic rings. The van der Waals surface area contributed by atoms with Gasteiger partial charge >= 0.3 is 0 Å². The summed E-state index contributed by atoms with van der Waals surface area (Å²) in [6, 6.07) is 5.33. The Morgan fingerprint density at radius 1 is 1.14 bits per heavy atom. The summed E-state index contributed by atoms with van der Waals surface area (Å²) in [5.74, 6) is -6.81. The molecule has 10 nitrogen and oxygen atoms in total. The molecule has 0 heterocycles. The van der Waals surface area contributed by atoms with Crippen molar-refractivity contribution in [3.05, 3.63) is 58.0 Å². The van der Waals surface area contributed by atoms with Crippen LogP contribution < -0.4 is 5.73 Å². The second-order valence-electron chi connectivity index (χ2n) is 9.66. The predicted molar refractivity (Wildman–Crippen MR) is 126 cm³/mol. The summed E-state index contributed by atoms with van der Waals surface area (Å²) in [7, 11) is 3.11. The third kappa shape index (κ3) is 3.85. The van der Waals surface area contributed by atoms with E-state index in [1.54, 1.807) is 32.3 Å². The van der Waals surface area contributed by atoms with Crippen molar-refractivity contribution in [2.75, 3.05) is 14.1 Å². The van der Waals surface area contributed by atoms with Gasteiger partial charge in [-0.1, -0.05) is 24.3 Å². The molecule has 0 spiro atoms. The van der Waals surface area contributed by atoms with Crippen molar-refractivity contribution in [2.45, 2.75) is 24.5 Å². The number of hydrogen-bond donors (Lipinski definition) is 5. The Bertz CT molecular complexity index is 1440. The Balaban J connectivity index is 0.00000190. The number of nitrogens with two attached hydrogens (primary N) is 1. The molecule has 1 fully saturated rings. The number of nitrogens with one attached hydrogen (secondary N) is 1. The number of phenolic OH excluding ortho intramolecular Hbond substituents is 1. The molecule has 37 heavy (non-hydrogen) atoms. The second-order valence-corrected chi connectivity index (χ2v) is 9.66. The van der Waals surface area contributed by atoms with Crippen molar-refractivity contribution in [2.24, 2.45) is 17.6 Å². The number of carbonyl (C=O) groups is 3. The van der Waals surface area contributed by atoms with Gasteiger partial charge in [0, 0.05) is 55.8 Å². The van der Waals surface area contributed by atoms with Crippen molar-refractivity contribution >= 4 is 39.7 Å². The third-order valence-electron chi connectivity index (χ3n) is 7.53. The standard InChI is InChI=1S/C25H24N3O7.2Rh/c1-28(2)18-14-7-11-6-10-5-9-3-4-12(26)8-13(9)19(29)15(10)20(30)16(11)22(32)25(14,35)23(33)17(21(18)31)24(27)34;;/h3-5,8,11,14,18,26,35H,6-7H2,1-2H3,(H2,29,30,32)(H3,27,31,33,34);;/q-1;;/t11-,14-,18-,25-;;/m0../s1. The Labute approximate surface area is 237 Å². The number of fused-ring (bicyclic) bond motifs is 4. The predicted octanol–water partition coefficient (Wildman–Crippen LogP) is 1.80. The van der Waals surface area contributed by atoms with Gasteiger partial charge in [-0.15, -0.1) is 5.69 Å². The third-order valence-corrected chi connectivity index (χ3v) is 7.53. The number of aliphatic hydroxyl groups is 3. The average Bonchev–Trinajstić information content (AvgIpc) is 2.76. The van der Waals surface area contributed by atoms with Crippen LogP contribution in [0.3, 0.4) is 0 Å². The Hall–Kier alpha value is -2.64. The molecule has 3 aliphatic carbocycles. The largest absolute Gasteiger partial charge is 0.699 e. The Morgan fingerprint density at radius 2 is 1.78 bits per heavy atom. The molecule has 5 rings (SSSR count). The summed E-state index contributed by atoms with van der Waals surface area (Å²) in [4.78, 5) is 40.3. The van der Waals surface area contributed by atoms with Crippen LogP contribution in [0.2, 0.25) is 0 Å². The second kappa shape index (κ2) is 9.59. The number of ketones is 2. The fraction of sp³-hybridized carbons (Fsp3) is 0.320. The molecule has 0 aromatic heterocycles. The molecule has 0 bridgehead atoms. The molecule has 2 aromatic carbocycles. The van der Waals surface area contributed by atoms with Crippen LogP contribution in [-0.4, -0.2) is 68.5 Å². The van der Waals surface area contributed by atoms with Crippen LogP contribution in [-0.2, 0) is 59.8 Å². The molecule has 12 heteroatoms. The number of phenols is 1. The van der Waals surface area contributed by atoms with E-state index >= 15 is 0 Å². The summed E-state index contributed by atoms with van der Waals surface area (Å²) >= 11 is 0. The first-order valence-corrected chi connectivity index (χ1v) is 11.0. The number of primary amides is 1. The van der Waals surface area contributed by atoms with Gasteiger partial charge in [-0.25, -0.2) is 0 Å². The minimum Gasteiger partial charge on any atom is -0.699 e. The molecular formula is C25H24N3O7Rh2-. The van der Waals surface area contributed by atoms with E-state index in [4.69, 9.17) is 11.5 Å². The van der Waals surface area contributed by atoms with Gasteiger partial charge < -0.3 is 31.9 Å². The summed E-state index contributed by atoms with van der Waals surface area (Å²) in [5.41, 5.74) is 10.2. The van der Waals surface area contributed by atoms with Crippen LogP contribution >= 0.6 is 0 Å². The maximum atomic E-state index is 13.8. The monoisotopic (exact) mass is 684 g/mol. The van der Waals surface area contributed by atoms with Gasteiger partial charge in [0.2, 0.25) is 5.78 Å². The first-order chi connectivity index (χ1) is 16.4. The van der Waals surface area contributed by atoms with E-state index in [-0.39, 0.29) is 74.4 Å². The summed E-state index contributed by atoms with van der Waals surface area (Å²) < 4.78 is 0. The summed E-state index contributed by atoms with van der Waals surface area (Å²) in [5, 5.41) is 45.5. The van der Waals surface area contributed by atoms with Crippen molar-refractivity contribution in [3.8, 4) is 5.75 Å². The average molecular weight is 684 g/mol. The van der Waals surface area contributed by atoms with Crippen LogP contribution in [0.5, 0.6) is 5.75 Å². The number of hydrogen-bond acceptors (Lipinski definition) is 8. The minimum atomic E-state index is -2.66. The van der Waals surface area contributed by atoms with E-state index in [0.29, 0.717) is 16.3 Å². The molecule has 0 unspecified atom stereocenters. The van der Waals surface area contributed by atoms with Crippen LogP contribution in [0.4, 0.5) is 5.69 Å². The van der Waals surface area contributed by atoms with Gasteiger partial charge in [0.05, 0.1) is 11.6 Å². The molecule has 1 amide bonds. The topological polar surface area (TPSA) is 185 Å². The molecule has 2 radical (unpaired) electrons. The fourth-order valence-electron chi connectivity index (χ4n) is 6.01. The summed E-state index contributed by atoms with van der Waals surface area (Å²) in [6.07, 6.45) is 0.261. The normalized spacial score (nSPS) is 26.8. The number of amides is 1. The number of aliphatic hydroxyl groups excluding tert-OH is 2. The van der Waals surface area contributed by atoms with Gasteiger partial charge in [-0.3, -0.25) is 19.3 Å². The first kappa shape index (κ1) is 28.9. The van der Waals surface area contributed by atoms with Crippen molar-refractivity contribution < 1.29 is 73.8 Å². The maximum absolute atomic E-state index is 13.8. The molecule has 200 valence electrons. The number of aromatic hydroxyl groups is 1. The van der Waals surface area contributed by atoms with Crippen molar-refractivity contribution in [1.29, 1.82) is 0 Å². The number of Topliss-reactive ketones (excluding diaryl/α,β-unsaturated/α-hetero) is 2. The number of rotatable bonds is 2. The van der Waals surface area contributed by atoms with E-state index in [9.17, 15) is 34.8 Å². The number of carbonyl (C=O) groups excluding carboxylic acids is 3. The smallest absolute Gasteiger partial charge is 0.255 e. The van der Waals surface area contributed by atoms with E-state index in [1.165, 1.54) is 11.0 Å². The zero-order valence-corrected chi connectivity index (χ0v) is 22.9. The molecule has 7 N–H and O–H groups in total. The van der Waals surface area contributed by atoms with E-state index < -0.39 is 58.0 Å². The van der Waals surface area contributed by atoms with Crippen molar-refractivity contribution in [3.63, 3.8) is 0 Å². The zero-order valence-electron chi connectivity index (χ0n) is 19.7. The number of likely N-dealkylation sites (N-methyl/N-ethyl adjacent to an activating group) is 1. The summed E-state index contributed by atoms with van der Waals surface area (Å²) in [6.45, 7) is 0. The molecule has 4 atom stereocenters. The minimum absolute atomic E-state index is 0. The molecule has 3 aliphatic rings. The fourth-order valence-corrected chi connectivity index (χ4v) is 6.01. The molecule has 0 aliphatic heterocycles. The zero-order chi connectivity index (χ0) is 25.6. The van der Waals surface area contributed by atoms with Crippen LogP contribution in [0.25, 0.3) is 22.3 Å². The SMILES string of the molecule is CN(C)[C@@H]1C(=O)C(C(N)=O)=C(O)[C@@]2(O)C(=O)C3=C(O)c4c(cc5ccc([NH-])cc5c4O)C[C@H]3C[C@@H]12.[Rh].[Rh]. The Morgan fingerprint density at radius 3 is 2.38 bits per heavy atom.